The fraction of sp³-hybridized carbons (Fsp3) is 0.650. The average molecular weight is 567 g/mol. The molecule has 3 N–H and O–H groups in total. The molecule has 0 atom stereocenters. The quantitative estimate of drug-likeness (QED) is 0.269. The summed E-state index contributed by atoms with van der Waals surface area (Å²) in [4.78, 5) is 7.22. The maximum atomic E-state index is 9.57. The van der Waals surface area contributed by atoms with Gasteiger partial charge in [-0.15, -0.1) is 24.0 Å². The van der Waals surface area contributed by atoms with Crippen molar-refractivity contribution in [2.45, 2.75) is 32.4 Å². The van der Waals surface area contributed by atoms with E-state index in [9.17, 15) is 5.11 Å². The first kappa shape index (κ1) is 23.9. The van der Waals surface area contributed by atoms with E-state index in [1.54, 1.807) is 0 Å². The fourth-order valence-electron chi connectivity index (χ4n) is 3.47. The van der Waals surface area contributed by atoms with Gasteiger partial charge in [0, 0.05) is 36.7 Å². The molecule has 158 valence electrons. The van der Waals surface area contributed by atoms with Crippen LogP contribution in [0.2, 0.25) is 0 Å². The molecule has 0 amide bonds. The Morgan fingerprint density at radius 2 is 1.96 bits per heavy atom. The van der Waals surface area contributed by atoms with Crippen molar-refractivity contribution in [1.82, 2.24) is 15.5 Å². The van der Waals surface area contributed by atoms with Gasteiger partial charge in [0.15, 0.2) is 5.96 Å². The van der Waals surface area contributed by atoms with E-state index in [1.165, 1.54) is 5.56 Å². The van der Waals surface area contributed by atoms with Crippen molar-refractivity contribution in [2.75, 3.05) is 46.0 Å². The van der Waals surface area contributed by atoms with Crippen LogP contribution in [0, 0.1) is 5.41 Å². The van der Waals surface area contributed by atoms with Gasteiger partial charge in [-0.3, -0.25) is 9.89 Å². The SMILES string of the molecule is CCNC(=NCC1(CO)COC1)NC1CCN(Cc2ccc(Br)cc2)CC1.I. The van der Waals surface area contributed by atoms with Gasteiger partial charge in [-0.05, 0) is 37.5 Å². The van der Waals surface area contributed by atoms with Crippen molar-refractivity contribution in [3.8, 4) is 0 Å². The van der Waals surface area contributed by atoms with Gasteiger partial charge in [0.05, 0.1) is 31.8 Å². The Morgan fingerprint density at radius 3 is 2.50 bits per heavy atom. The first-order chi connectivity index (χ1) is 13.1. The van der Waals surface area contributed by atoms with Gasteiger partial charge in [0.2, 0.25) is 0 Å². The molecule has 2 aliphatic rings. The lowest BCUT2D eigenvalue weighted by Gasteiger charge is -2.38. The third-order valence-corrected chi connectivity index (χ3v) is 5.85. The molecule has 1 aromatic carbocycles. The van der Waals surface area contributed by atoms with Gasteiger partial charge in [-0.25, -0.2) is 0 Å². The van der Waals surface area contributed by atoms with E-state index in [0.717, 1.165) is 49.5 Å². The molecule has 3 rings (SSSR count). The van der Waals surface area contributed by atoms with Gasteiger partial charge >= 0.3 is 0 Å². The molecule has 0 aromatic heterocycles. The molecule has 0 radical (unpaired) electrons. The molecule has 1 aromatic rings. The third kappa shape index (κ3) is 6.83. The molecule has 0 unspecified atom stereocenters. The third-order valence-electron chi connectivity index (χ3n) is 5.32. The summed E-state index contributed by atoms with van der Waals surface area (Å²) in [6.45, 7) is 8.01. The predicted octanol–water partition coefficient (Wildman–Crippen LogP) is 2.60. The van der Waals surface area contributed by atoms with Crippen LogP contribution in [0.5, 0.6) is 0 Å². The maximum Gasteiger partial charge on any atom is 0.191 e. The lowest BCUT2D eigenvalue weighted by molar-refractivity contribution is -0.130. The zero-order valence-electron chi connectivity index (χ0n) is 16.5. The number of hydrogen-bond acceptors (Lipinski definition) is 4. The Hall–Kier alpha value is -0.420. The van der Waals surface area contributed by atoms with E-state index < -0.39 is 0 Å². The van der Waals surface area contributed by atoms with E-state index in [2.05, 4.69) is 62.7 Å². The van der Waals surface area contributed by atoms with Crippen LogP contribution in [0.1, 0.15) is 25.3 Å². The van der Waals surface area contributed by atoms with Crippen LogP contribution in [0.25, 0.3) is 0 Å². The summed E-state index contributed by atoms with van der Waals surface area (Å²) in [5, 5.41) is 16.5. The van der Waals surface area contributed by atoms with Crippen molar-refractivity contribution in [1.29, 1.82) is 0 Å². The normalized spacial score (nSPS) is 20.2. The minimum atomic E-state index is -0.184. The number of aliphatic hydroxyl groups is 1. The van der Waals surface area contributed by atoms with E-state index in [1.807, 2.05) is 0 Å². The number of guanidine groups is 1. The Kier molecular flexibility index (Phi) is 9.96. The number of benzene rings is 1. The van der Waals surface area contributed by atoms with Crippen molar-refractivity contribution in [2.24, 2.45) is 10.4 Å². The summed E-state index contributed by atoms with van der Waals surface area (Å²) < 4.78 is 6.39. The van der Waals surface area contributed by atoms with Gasteiger partial charge in [-0.1, -0.05) is 28.1 Å². The monoisotopic (exact) mass is 566 g/mol. The minimum Gasteiger partial charge on any atom is -0.396 e. The number of aliphatic hydroxyl groups excluding tert-OH is 1. The first-order valence-electron chi connectivity index (χ1n) is 9.83. The number of hydrogen-bond donors (Lipinski definition) is 3. The highest BCUT2D eigenvalue weighted by atomic mass is 127. The molecular weight excluding hydrogens is 535 g/mol. The molecular formula is C20H32BrIN4O2. The molecule has 2 saturated heterocycles. The summed E-state index contributed by atoms with van der Waals surface area (Å²) in [6, 6.07) is 9.02. The van der Waals surface area contributed by atoms with Crippen molar-refractivity contribution in [3.05, 3.63) is 34.3 Å². The van der Waals surface area contributed by atoms with Crippen molar-refractivity contribution < 1.29 is 9.84 Å². The lowest BCUT2D eigenvalue weighted by Crippen LogP contribution is -2.51. The average Bonchev–Trinajstić information content (AvgIpc) is 2.65. The summed E-state index contributed by atoms with van der Waals surface area (Å²) in [7, 11) is 0. The smallest absolute Gasteiger partial charge is 0.191 e. The van der Waals surface area contributed by atoms with Crippen LogP contribution < -0.4 is 10.6 Å². The van der Waals surface area contributed by atoms with Crippen LogP contribution >= 0.6 is 39.9 Å². The molecule has 2 aliphatic heterocycles. The van der Waals surface area contributed by atoms with Gasteiger partial charge in [0.25, 0.3) is 0 Å². The van der Waals surface area contributed by atoms with Crippen LogP contribution in [-0.2, 0) is 11.3 Å². The molecule has 28 heavy (non-hydrogen) atoms. The van der Waals surface area contributed by atoms with E-state index in [-0.39, 0.29) is 36.0 Å². The number of likely N-dealkylation sites (tertiary alicyclic amines) is 1. The van der Waals surface area contributed by atoms with Crippen LogP contribution in [-0.4, -0.2) is 68.0 Å². The number of aliphatic imine (C=N–C) groups is 1. The summed E-state index contributed by atoms with van der Waals surface area (Å²) in [5.41, 5.74) is 1.17. The largest absolute Gasteiger partial charge is 0.396 e. The second kappa shape index (κ2) is 11.7. The lowest BCUT2D eigenvalue weighted by atomic mass is 9.87. The number of rotatable bonds is 7. The zero-order valence-corrected chi connectivity index (χ0v) is 20.4. The van der Waals surface area contributed by atoms with Gasteiger partial charge in [0.1, 0.15) is 0 Å². The van der Waals surface area contributed by atoms with E-state index >= 15 is 0 Å². The fourth-order valence-corrected chi connectivity index (χ4v) is 3.73. The number of nitrogens with one attached hydrogen (secondary N) is 2. The summed E-state index contributed by atoms with van der Waals surface area (Å²) >= 11 is 3.49. The van der Waals surface area contributed by atoms with Crippen molar-refractivity contribution in [3.63, 3.8) is 0 Å². The maximum absolute atomic E-state index is 9.57. The molecule has 0 bridgehead atoms. The van der Waals surface area contributed by atoms with Gasteiger partial charge in [-0.2, -0.15) is 0 Å². The highest BCUT2D eigenvalue weighted by Gasteiger charge is 2.38. The Morgan fingerprint density at radius 1 is 1.29 bits per heavy atom. The molecule has 2 heterocycles. The standard InChI is InChI=1S/C20H31BrN4O2.HI/c1-2-22-19(23-12-20(13-26)14-27-15-20)24-18-7-9-25(10-8-18)11-16-3-5-17(21)6-4-16;/h3-6,18,26H,2,7-15H2,1H3,(H2,22,23,24);1H. The number of nitrogens with zero attached hydrogens (tertiary/aromatic N) is 2. The molecule has 0 spiro atoms. The Labute approximate surface area is 193 Å². The van der Waals surface area contributed by atoms with Gasteiger partial charge < -0.3 is 20.5 Å². The minimum absolute atomic E-state index is 0. The van der Waals surface area contributed by atoms with E-state index in [4.69, 9.17) is 9.73 Å². The number of ether oxygens (including phenoxy) is 1. The molecule has 0 saturated carbocycles. The number of piperidine rings is 1. The second-order valence-corrected chi connectivity index (χ2v) is 8.58. The topological polar surface area (TPSA) is 69.1 Å². The highest BCUT2D eigenvalue weighted by Crippen LogP contribution is 2.27. The van der Waals surface area contributed by atoms with E-state index in [0.29, 0.717) is 25.8 Å². The van der Waals surface area contributed by atoms with Crippen LogP contribution in [0.15, 0.2) is 33.7 Å². The summed E-state index contributed by atoms with van der Waals surface area (Å²) in [6.07, 6.45) is 2.21. The highest BCUT2D eigenvalue weighted by molar-refractivity contribution is 14.0. The predicted molar refractivity (Wildman–Crippen MR) is 127 cm³/mol. The molecule has 8 heteroatoms. The molecule has 0 aliphatic carbocycles. The number of halogens is 2. The van der Waals surface area contributed by atoms with Crippen LogP contribution in [0.3, 0.4) is 0 Å². The molecule has 6 nitrogen and oxygen atoms in total. The Balaban J connectivity index is 0.00000280. The zero-order chi connectivity index (χ0) is 19.1. The summed E-state index contributed by atoms with van der Waals surface area (Å²) in [5.74, 6) is 0.851. The molecule has 2 fully saturated rings. The van der Waals surface area contributed by atoms with Crippen molar-refractivity contribution >= 4 is 45.9 Å². The Bertz CT molecular complexity index is 612. The first-order valence-corrected chi connectivity index (χ1v) is 10.6. The van der Waals surface area contributed by atoms with Crippen LogP contribution in [0.4, 0.5) is 0 Å². The second-order valence-electron chi connectivity index (χ2n) is 7.67.